The maximum atomic E-state index is 5.84. The molecular weight excluding hydrogens is 215 g/mol. The fraction of sp³-hybridized carbons (Fsp3) is 0.333. The lowest BCUT2D eigenvalue weighted by Gasteiger charge is -1.96. The Kier molecular flexibility index (Phi) is 4.32. The highest BCUT2D eigenvalue weighted by molar-refractivity contribution is 6.34. The van der Waals surface area contributed by atoms with Crippen molar-refractivity contribution in [3.05, 3.63) is 33.8 Å². The van der Waals surface area contributed by atoms with E-state index in [1.165, 1.54) is 0 Å². The van der Waals surface area contributed by atoms with Crippen molar-refractivity contribution in [1.82, 2.24) is 0 Å². The largest absolute Gasteiger partial charge is 0.0976 e. The zero-order chi connectivity index (χ0) is 10.6. The van der Waals surface area contributed by atoms with E-state index in [1.54, 1.807) is 6.07 Å². The maximum Gasteiger partial charge on any atom is 0.0433 e. The van der Waals surface area contributed by atoms with Crippen molar-refractivity contribution in [2.75, 3.05) is 0 Å². The van der Waals surface area contributed by atoms with E-state index in [-0.39, 0.29) is 0 Å². The Morgan fingerprint density at radius 2 is 1.71 bits per heavy atom. The van der Waals surface area contributed by atoms with E-state index in [0.717, 1.165) is 12.0 Å². The van der Waals surface area contributed by atoms with Crippen LogP contribution >= 0.6 is 23.2 Å². The molecule has 0 spiro atoms. The van der Waals surface area contributed by atoms with E-state index in [1.807, 2.05) is 12.1 Å². The molecule has 1 aromatic rings. The van der Waals surface area contributed by atoms with Gasteiger partial charge in [0.15, 0.2) is 0 Å². The average Bonchev–Trinajstić information content (AvgIpc) is 2.01. The summed E-state index contributed by atoms with van der Waals surface area (Å²) < 4.78 is 0. The second-order valence-electron chi connectivity index (χ2n) is 3.56. The van der Waals surface area contributed by atoms with E-state index < -0.39 is 0 Å². The molecule has 0 saturated heterocycles. The predicted molar refractivity (Wildman–Crippen MR) is 62.8 cm³/mol. The smallest absolute Gasteiger partial charge is 0.0433 e. The zero-order valence-corrected chi connectivity index (χ0v) is 9.78. The Hall–Kier alpha value is -0.640. The highest BCUT2D eigenvalue weighted by Gasteiger charge is 1.94. The summed E-state index contributed by atoms with van der Waals surface area (Å²) in [6.07, 6.45) is 0.893. The fourth-order valence-electron chi connectivity index (χ4n) is 0.983. The minimum atomic E-state index is 0.595. The van der Waals surface area contributed by atoms with Crippen LogP contribution in [0, 0.1) is 17.8 Å². The maximum absolute atomic E-state index is 5.84. The van der Waals surface area contributed by atoms with Gasteiger partial charge in [-0.3, -0.25) is 0 Å². The van der Waals surface area contributed by atoms with Crippen LogP contribution in [0.25, 0.3) is 0 Å². The molecule has 0 bridgehead atoms. The van der Waals surface area contributed by atoms with Crippen molar-refractivity contribution >= 4 is 23.2 Å². The predicted octanol–water partition coefficient (Wildman–Crippen LogP) is 4.39. The van der Waals surface area contributed by atoms with Gasteiger partial charge in [0.2, 0.25) is 0 Å². The van der Waals surface area contributed by atoms with Gasteiger partial charge in [-0.25, -0.2) is 0 Å². The third-order valence-electron chi connectivity index (χ3n) is 1.61. The molecule has 0 amide bonds. The van der Waals surface area contributed by atoms with Gasteiger partial charge in [0, 0.05) is 22.0 Å². The number of halogens is 2. The van der Waals surface area contributed by atoms with Crippen molar-refractivity contribution in [2.45, 2.75) is 20.3 Å². The fourth-order valence-corrected chi connectivity index (χ4v) is 1.51. The SMILES string of the molecule is CC(C)CC#Cc1cc(Cl)cc(Cl)c1. The summed E-state index contributed by atoms with van der Waals surface area (Å²) >= 11 is 11.7. The highest BCUT2D eigenvalue weighted by atomic mass is 35.5. The van der Waals surface area contributed by atoms with Crippen LogP contribution < -0.4 is 0 Å². The number of rotatable bonds is 1. The van der Waals surface area contributed by atoms with E-state index in [4.69, 9.17) is 23.2 Å². The Morgan fingerprint density at radius 1 is 1.14 bits per heavy atom. The lowest BCUT2D eigenvalue weighted by atomic mass is 10.1. The van der Waals surface area contributed by atoms with Gasteiger partial charge in [-0.05, 0) is 24.1 Å². The summed E-state index contributed by atoms with van der Waals surface area (Å²) in [6, 6.07) is 5.35. The van der Waals surface area contributed by atoms with Gasteiger partial charge in [0.1, 0.15) is 0 Å². The molecule has 2 heteroatoms. The normalized spacial score (nSPS) is 9.79. The van der Waals surface area contributed by atoms with Crippen LogP contribution in [-0.2, 0) is 0 Å². The molecule has 0 heterocycles. The van der Waals surface area contributed by atoms with E-state index in [2.05, 4.69) is 25.7 Å². The topological polar surface area (TPSA) is 0 Å². The number of benzene rings is 1. The second kappa shape index (κ2) is 5.29. The molecule has 14 heavy (non-hydrogen) atoms. The molecule has 0 aromatic heterocycles. The molecule has 0 fully saturated rings. The monoisotopic (exact) mass is 226 g/mol. The molecule has 0 N–H and O–H groups in total. The van der Waals surface area contributed by atoms with Crippen LogP contribution in [0.1, 0.15) is 25.8 Å². The third kappa shape index (κ3) is 4.05. The van der Waals surface area contributed by atoms with Crippen LogP contribution in [0.3, 0.4) is 0 Å². The molecule has 0 nitrogen and oxygen atoms in total. The third-order valence-corrected chi connectivity index (χ3v) is 2.04. The minimum Gasteiger partial charge on any atom is -0.0976 e. The Bertz CT molecular complexity index is 349. The molecule has 1 aromatic carbocycles. The Balaban J connectivity index is 2.79. The van der Waals surface area contributed by atoms with Gasteiger partial charge in [-0.1, -0.05) is 48.9 Å². The van der Waals surface area contributed by atoms with Gasteiger partial charge >= 0.3 is 0 Å². The van der Waals surface area contributed by atoms with Gasteiger partial charge in [-0.2, -0.15) is 0 Å². The molecule has 0 aliphatic heterocycles. The quantitative estimate of drug-likeness (QED) is 0.624. The first-order valence-electron chi connectivity index (χ1n) is 4.53. The highest BCUT2D eigenvalue weighted by Crippen LogP contribution is 2.18. The first-order valence-corrected chi connectivity index (χ1v) is 5.28. The molecule has 0 radical (unpaired) electrons. The summed E-state index contributed by atoms with van der Waals surface area (Å²) in [4.78, 5) is 0. The van der Waals surface area contributed by atoms with Gasteiger partial charge in [-0.15, -0.1) is 0 Å². The average molecular weight is 227 g/mol. The van der Waals surface area contributed by atoms with Crippen molar-refractivity contribution in [3.63, 3.8) is 0 Å². The molecular formula is C12H12Cl2. The van der Waals surface area contributed by atoms with Crippen molar-refractivity contribution in [2.24, 2.45) is 5.92 Å². The van der Waals surface area contributed by atoms with Gasteiger partial charge in [0.25, 0.3) is 0 Å². The molecule has 0 unspecified atom stereocenters. The standard InChI is InChI=1S/C12H12Cl2/c1-9(2)4-3-5-10-6-11(13)8-12(14)7-10/h6-9H,4H2,1-2H3. The first-order chi connectivity index (χ1) is 6.58. The van der Waals surface area contributed by atoms with Crippen LogP contribution in [-0.4, -0.2) is 0 Å². The molecule has 0 atom stereocenters. The second-order valence-corrected chi connectivity index (χ2v) is 4.43. The van der Waals surface area contributed by atoms with E-state index in [0.29, 0.717) is 16.0 Å². The number of hydrogen-bond donors (Lipinski definition) is 0. The summed E-state index contributed by atoms with van der Waals surface area (Å²) in [6.45, 7) is 4.28. The van der Waals surface area contributed by atoms with Crippen LogP contribution in [0.2, 0.25) is 10.0 Å². The molecule has 1 rings (SSSR count). The van der Waals surface area contributed by atoms with E-state index in [9.17, 15) is 0 Å². The molecule has 0 aliphatic rings. The Morgan fingerprint density at radius 3 is 2.21 bits per heavy atom. The molecule has 0 aliphatic carbocycles. The Labute approximate surface area is 95.2 Å². The minimum absolute atomic E-state index is 0.595. The van der Waals surface area contributed by atoms with E-state index >= 15 is 0 Å². The lowest BCUT2D eigenvalue weighted by Crippen LogP contribution is -1.82. The van der Waals surface area contributed by atoms with Crippen molar-refractivity contribution < 1.29 is 0 Å². The summed E-state index contributed by atoms with van der Waals surface area (Å²) in [5, 5.41) is 1.26. The molecule has 74 valence electrons. The zero-order valence-electron chi connectivity index (χ0n) is 8.27. The van der Waals surface area contributed by atoms with Crippen molar-refractivity contribution in [3.8, 4) is 11.8 Å². The molecule has 0 saturated carbocycles. The lowest BCUT2D eigenvalue weighted by molar-refractivity contribution is 0.676. The first kappa shape index (κ1) is 11.4. The summed E-state index contributed by atoms with van der Waals surface area (Å²) in [5.74, 6) is 6.72. The van der Waals surface area contributed by atoms with Gasteiger partial charge in [0.05, 0.1) is 0 Å². The number of hydrogen-bond acceptors (Lipinski definition) is 0. The van der Waals surface area contributed by atoms with Crippen molar-refractivity contribution in [1.29, 1.82) is 0 Å². The van der Waals surface area contributed by atoms with Crippen LogP contribution in [0.4, 0.5) is 0 Å². The van der Waals surface area contributed by atoms with Gasteiger partial charge < -0.3 is 0 Å². The van der Waals surface area contributed by atoms with Crippen LogP contribution in [0.15, 0.2) is 18.2 Å². The summed E-state index contributed by atoms with van der Waals surface area (Å²) in [5.41, 5.74) is 0.878. The summed E-state index contributed by atoms with van der Waals surface area (Å²) in [7, 11) is 0. The van der Waals surface area contributed by atoms with Crippen LogP contribution in [0.5, 0.6) is 0 Å².